The van der Waals surface area contributed by atoms with Crippen LogP contribution in [0.3, 0.4) is 0 Å². The summed E-state index contributed by atoms with van der Waals surface area (Å²) in [6.07, 6.45) is 5.68. The van der Waals surface area contributed by atoms with Gasteiger partial charge < -0.3 is 0 Å². The Kier molecular flexibility index (Phi) is 4.11. The molecule has 0 aliphatic carbocycles. The zero-order valence-corrected chi connectivity index (χ0v) is 10.0. The van der Waals surface area contributed by atoms with Gasteiger partial charge >= 0.3 is 0 Å². The minimum absolute atomic E-state index is 0.701. The van der Waals surface area contributed by atoms with E-state index in [9.17, 15) is 0 Å². The molecule has 2 aromatic rings. The summed E-state index contributed by atoms with van der Waals surface area (Å²) in [5, 5.41) is 0.701. The van der Waals surface area contributed by atoms with Crippen molar-refractivity contribution in [3.8, 4) is 0 Å². The van der Waals surface area contributed by atoms with Crippen LogP contribution in [-0.2, 0) is 0 Å². The van der Waals surface area contributed by atoms with Crippen molar-refractivity contribution in [1.82, 2.24) is 0 Å². The minimum Gasteiger partial charge on any atom is -0.257 e. The Morgan fingerprint density at radius 3 is 2.53 bits per heavy atom. The molecule has 0 aromatic heterocycles. The van der Waals surface area contributed by atoms with Crippen LogP contribution in [0.4, 0.5) is 5.69 Å². The Morgan fingerprint density at radius 1 is 0.941 bits per heavy atom. The van der Waals surface area contributed by atoms with E-state index < -0.39 is 0 Å². The molecule has 0 fully saturated rings. The van der Waals surface area contributed by atoms with Gasteiger partial charge in [0, 0.05) is 11.2 Å². The van der Waals surface area contributed by atoms with E-state index in [1.807, 2.05) is 66.7 Å². The van der Waals surface area contributed by atoms with E-state index in [1.165, 1.54) is 0 Å². The largest absolute Gasteiger partial charge is 0.257 e. The molecule has 0 spiro atoms. The third-order valence-corrected chi connectivity index (χ3v) is 2.44. The third-order valence-electron chi connectivity index (χ3n) is 2.21. The molecular formula is C15H12ClN. The first kappa shape index (κ1) is 11.6. The van der Waals surface area contributed by atoms with Crippen LogP contribution < -0.4 is 0 Å². The summed E-state index contributed by atoms with van der Waals surface area (Å²) in [4.78, 5) is 4.29. The van der Waals surface area contributed by atoms with Gasteiger partial charge in [0.15, 0.2) is 0 Å². The van der Waals surface area contributed by atoms with Crippen LogP contribution >= 0.6 is 11.6 Å². The van der Waals surface area contributed by atoms with Crippen molar-refractivity contribution >= 4 is 29.6 Å². The summed E-state index contributed by atoms with van der Waals surface area (Å²) in [5.41, 5.74) is 2.01. The van der Waals surface area contributed by atoms with Gasteiger partial charge in [-0.05, 0) is 29.8 Å². The average molecular weight is 242 g/mol. The summed E-state index contributed by atoms with van der Waals surface area (Å²) in [6.45, 7) is 0. The number of hydrogen-bond donors (Lipinski definition) is 0. The molecule has 1 nitrogen and oxygen atoms in total. The highest BCUT2D eigenvalue weighted by atomic mass is 35.5. The molecule has 2 rings (SSSR count). The van der Waals surface area contributed by atoms with Crippen LogP contribution in [0.5, 0.6) is 0 Å². The highest BCUT2D eigenvalue weighted by molar-refractivity contribution is 6.30. The van der Waals surface area contributed by atoms with Gasteiger partial charge in [-0.25, -0.2) is 0 Å². The molecule has 17 heavy (non-hydrogen) atoms. The first-order chi connectivity index (χ1) is 8.34. The number of aliphatic imine (C=N–C) groups is 1. The van der Waals surface area contributed by atoms with Gasteiger partial charge in [-0.15, -0.1) is 0 Å². The van der Waals surface area contributed by atoms with Crippen molar-refractivity contribution in [2.75, 3.05) is 0 Å². The lowest BCUT2D eigenvalue weighted by Gasteiger charge is -1.92. The molecule has 0 N–H and O–H groups in total. The van der Waals surface area contributed by atoms with E-state index in [0.29, 0.717) is 5.02 Å². The monoisotopic (exact) mass is 241 g/mol. The molecule has 0 saturated carbocycles. The van der Waals surface area contributed by atoms with Gasteiger partial charge in [0.2, 0.25) is 0 Å². The Labute approximate surface area is 106 Å². The number of halogens is 1. The van der Waals surface area contributed by atoms with Crippen LogP contribution in [0.15, 0.2) is 65.7 Å². The van der Waals surface area contributed by atoms with Gasteiger partial charge in [0.05, 0.1) is 5.69 Å². The van der Waals surface area contributed by atoms with Gasteiger partial charge in [0.1, 0.15) is 0 Å². The van der Waals surface area contributed by atoms with Gasteiger partial charge in [-0.1, -0.05) is 54.1 Å². The normalized spacial score (nSPS) is 11.4. The van der Waals surface area contributed by atoms with E-state index in [1.54, 1.807) is 6.21 Å². The highest BCUT2D eigenvalue weighted by Crippen LogP contribution is 2.17. The van der Waals surface area contributed by atoms with Crippen LogP contribution in [0.1, 0.15) is 5.56 Å². The molecule has 0 aliphatic heterocycles. The molecule has 0 aliphatic rings. The van der Waals surface area contributed by atoms with Crippen LogP contribution in [0.25, 0.3) is 6.08 Å². The smallest absolute Gasteiger partial charge is 0.0644 e. The molecule has 0 heterocycles. The molecule has 0 saturated heterocycles. The first-order valence-electron chi connectivity index (χ1n) is 5.36. The number of hydrogen-bond acceptors (Lipinski definition) is 1. The summed E-state index contributed by atoms with van der Waals surface area (Å²) in [7, 11) is 0. The van der Waals surface area contributed by atoms with Crippen molar-refractivity contribution in [3.63, 3.8) is 0 Å². The number of allylic oxidation sites excluding steroid dienone is 1. The van der Waals surface area contributed by atoms with Crippen molar-refractivity contribution in [1.29, 1.82) is 0 Å². The van der Waals surface area contributed by atoms with E-state index >= 15 is 0 Å². The van der Waals surface area contributed by atoms with Crippen LogP contribution in [0.2, 0.25) is 5.02 Å². The fraction of sp³-hybridized carbons (Fsp3) is 0. The van der Waals surface area contributed by atoms with Gasteiger partial charge in [-0.2, -0.15) is 0 Å². The summed E-state index contributed by atoms with van der Waals surface area (Å²) in [5.74, 6) is 0. The van der Waals surface area contributed by atoms with Crippen molar-refractivity contribution < 1.29 is 0 Å². The SMILES string of the molecule is Clc1cccc(N=C/C=C\c2ccccc2)c1. The second-order valence-corrected chi connectivity index (χ2v) is 3.96. The predicted molar refractivity (Wildman–Crippen MR) is 75.1 cm³/mol. The lowest BCUT2D eigenvalue weighted by molar-refractivity contribution is 1.54. The number of rotatable bonds is 3. The molecule has 2 heteroatoms. The lowest BCUT2D eigenvalue weighted by atomic mass is 10.2. The molecular weight excluding hydrogens is 230 g/mol. The Morgan fingerprint density at radius 2 is 1.76 bits per heavy atom. The standard InChI is InChI=1S/C15H12ClN/c16-14-9-4-10-15(12-14)17-11-5-8-13-6-2-1-3-7-13/h1-12H/b8-5-,17-11?. The molecule has 2 aromatic carbocycles. The highest BCUT2D eigenvalue weighted by Gasteiger charge is 1.88. The summed E-state index contributed by atoms with van der Waals surface area (Å²) in [6, 6.07) is 17.6. The fourth-order valence-corrected chi connectivity index (χ4v) is 1.59. The Balaban J connectivity index is 2.01. The van der Waals surface area contributed by atoms with Crippen LogP contribution in [-0.4, -0.2) is 6.21 Å². The third kappa shape index (κ3) is 3.89. The van der Waals surface area contributed by atoms with E-state index in [4.69, 9.17) is 11.6 Å². The maximum absolute atomic E-state index is 5.86. The summed E-state index contributed by atoms with van der Waals surface area (Å²) >= 11 is 5.86. The molecule has 0 unspecified atom stereocenters. The average Bonchev–Trinajstić information content (AvgIpc) is 2.36. The number of benzene rings is 2. The minimum atomic E-state index is 0.701. The van der Waals surface area contributed by atoms with E-state index in [-0.39, 0.29) is 0 Å². The van der Waals surface area contributed by atoms with Crippen molar-refractivity contribution in [2.24, 2.45) is 4.99 Å². The van der Waals surface area contributed by atoms with Crippen molar-refractivity contribution in [3.05, 3.63) is 71.3 Å². The predicted octanol–water partition coefficient (Wildman–Crippen LogP) is 4.76. The first-order valence-corrected chi connectivity index (χ1v) is 5.74. The van der Waals surface area contributed by atoms with Crippen LogP contribution in [0, 0.1) is 0 Å². The van der Waals surface area contributed by atoms with E-state index in [0.717, 1.165) is 11.3 Å². The molecule has 0 amide bonds. The topological polar surface area (TPSA) is 12.4 Å². The Hall–Kier alpha value is -1.86. The maximum atomic E-state index is 5.86. The Bertz CT molecular complexity index is 530. The van der Waals surface area contributed by atoms with E-state index in [2.05, 4.69) is 4.99 Å². The van der Waals surface area contributed by atoms with Gasteiger partial charge in [-0.3, -0.25) is 4.99 Å². The van der Waals surface area contributed by atoms with Gasteiger partial charge in [0.25, 0.3) is 0 Å². The second-order valence-electron chi connectivity index (χ2n) is 3.53. The van der Waals surface area contributed by atoms with Crippen molar-refractivity contribution in [2.45, 2.75) is 0 Å². The molecule has 0 atom stereocenters. The maximum Gasteiger partial charge on any atom is 0.0644 e. The quantitative estimate of drug-likeness (QED) is 0.688. The fourth-order valence-electron chi connectivity index (χ4n) is 1.40. The second kappa shape index (κ2) is 6.02. The zero-order valence-electron chi connectivity index (χ0n) is 9.25. The molecule has 0 bridgehead atoms. The zero-order chi connectivity index (χ0) is 11.9. The summed E-state index contributed by atoms with van der Waals surface area (Å²) < 4.78 is 0. The lowest BCUT2D eigenvalue weighted by Crippen LogP contribution is -1.70. The molecule has 0 radical (unpaired) electrons. The molecule has 84 valence electrons. The number of nitrogens with zero attached hydrogens (tertiary/aromatic N) is 1.